The van der Waals surface area contributed by atoms with E-state index >= 15 is 0 Å². The molecule has 1 aliphatic rings. The van der Waals surface area contributed by atoms with Crippen molar-refractivity contribution in [1.29, 1.82) is 0 Å². The first-order valence-corrected chi connectivity index (χ1v) is 7.73. The highest BCUT2D eigenvalue weighted by molar-refractivity contribution is 9.10. The zero-order valence-electron chi connectivity index (χ0n) is 9.53. The van der Waals surface area contributed by atoms with Crippen LogP contribution in [0.2, 0.25) is 0 Å². The molecule has 92 valence electrons. The largest absolute Gasteiger partial charge is 0.338 e. The number of carbonyl (C=O) groups is 1. The number of rotatable bonds is 2. The number of nitrogens with zero attached hydrogens (tertiary/aromatic N) is 1. The zero-order valence-corrected chi connectivity index (χ0v) is 12.7. The molecule has 1 aliphatic heterocycles. The van der Waals surface area contributed by atoms with Crippen molar-refractivity contribution in [2.24, 2.45) is 5.92 Å². The molecule has 1 aromatic rings. The standard InChI is InChI=1S/C13H15Br2NO/c14-8-10-2-1-7-16(9-10)13(17)11-3-5-12(15)6-4-11/h3-6,10H,1-2,7-9H2. The lowest BCUT2D eigenvalue weighted by Gasteiger charge is -2.32. The molecule has 2 rings (SSSR count). The number of benzene rings is 1. The lowest BCUT2D eigenvalue weighted by Crippen LogP contribution is -2.40. The summed E-state index contributed by atoms with van der Waals surface area (Å²) in [6.45, 7) is 1.76. The van der Waals surface area contributed by atoms with Crippen LogP contribution in [0.15, 0.2) is 28.7 Å². The Kier molecular flexibility index (Phi) is 4.62. The second-order valence-corrected chi connectivity index (χ2v) is 5.98. The van der Waals surface area contributed by atoms with Crippen LogP contribution in [0.25, 0.3) is 0 Å². The van der Waals surface area contributed by atoms with Crippen molar-refractivity contribution in [2.45, 2.75) is 12.8 Å². The number of halogens is 2. The molecule has 1 amide bonds. The maximum Gasteiger partial charge on any atom is 0.253 e. The fourth-order valence-electron chi connectivity index (χ4n) is 2.15. The molecule has 0 saturated carbocycles. The van der Waals surface area contributed by atoms with Crippen LogP contribution in [-0.4, -0.2) is 29.2 Å². The van der Waals surface area contributed by atoms with Gasteiger partial charge in [-0.15, -0.1) is 0 Å². The van der Waals surface area contributed by atoms with Gasteiger partial charge in [0, 0.05) is 28.5 Å². The molecular weight excluding hydrogens is 346 g/mol. The summed E-state index contributed by atoms with van der Waals surface area (Å²) in [6, 6.07) is 7.59. The number of carbonyl (C=O) groups excluding carboxylic acids is 1. The summed E-state index contributed by atoms with van der Waals surface area (Å²) in [7, 11) is 0. The van der Waals surface area contributed by atoms with E-state index in [1.807, 2.05) is 29.2 Å². The number of amides is 1. The van der Waals surface area contributed by atoms with Gasteiger partial charge in [-0.3, -0.25) is 4.79 Å². The van der Waals surface area contributed by atoms with Gasteiger partial charge in [-0.1, -0.05) is 31.9 Å². The molecular formula is C13H15Br2NO. The van der Waals surface area contributed by atoms with Gasteiger partial charge in [-0.25, -0.2) is 0 Å². The minimum Gasteiger partial charge on any atom is -0.338 e. The van der Waals surface area contributed by atoms with Gasteiger partial charge in [-0.2, -0.15) is 0 Å². The summed E-state index contributed by atoms with van der Waals surface area (Å²) in [6.07, 6.45) is 2.33. The van der Waals surface area contributed by atoms with E-state index in [-0.39, 0.29) is 5.91 Å². The Hall–Kier alpha value is -0.350. The van der Waals surface area contributed by atoms with Crippen molar-refractivity contribution in [3.8, 4) is 0 Å². The molecule has 1 unspecified atom stereocenters. The summed E-state index contributed by atoms with van der Waals surface area (Å²) in [5.74, 6) is 0.756. The van der Waals surface area contributed by atoms with E-state index in [1.54, 1.807) is 0 Å². The Balaban J connectivity index is 2.06. The molecule has 0 N–H and O–H groups in total. The Morgan fingerprint density at radius 3 is 2.71 bits per heavy atom. The van der Waals surface area contributed by atoms with Crippen LogP contribution in [-0.2, 0) is 0 Å². The van der Waals surface area contributed by atoms with Crippen molar-refractivity contribution in [2.75, 3.05) is 18.4 Å². The number of hydrogen-bond donors (Lipinski definition) is 0. The number of alkyl halides is 1. The van der Waals surface area contributed by atoms with E-state index in [1.165, 1.54) is 6.42 Å². The van der Waals surface area contributed by atoms with Gasteiger partial charge in [0.25, 0.3) is 5.91 Å². The van der Waals surface area contributed by atoms with Gasteiger partial charge in [0.2, 0.25) is 0 Å². The Morgan fingerprint density at radius 1 is 1.35 bits per heavy atom. The molecule has 0 aromatic heterocycles. The van der Waals surface area contributed by atoms with E-state index in [4.69, 9.17) is 0 Å². The summed E-state index contributed by atoms with van der Waals surface area (Å²) in [5, 5.41) is 0.983. The SMILES string of the molecule is O=C(c1ccc(Br)cc1)N1CCCC(CBr)C1. The first-order valence-electron chi connectivity index (χ1n) is 5.81. The fourth-order valence-corrected chi connectivity index (χ4v) is 2.94. The first-order chi connectivity index (χ1) is 8.20. The van der Waals surface area contributed by atoms with Crippen molar-refractivity contribution < 1.29 is 4.79 Å². The fraction of sp³-hybridized carbons (Fsp3) is 0.462. The highest BCUT2D eigenvalue weighted by Gasteiger charge is 2.23. The highest BCUT2D eigenvalue weighted by Crippen LogP contribution is 2.20. The van der Waals surface area contributed by atoms with E-state index in [0.717, 1.165) is 34.9 Å². The van der Waals surface area contributed by atoms with E-state index in [0.29, 0.717) is 5.92 Å². The van der Waals surface area contributed by atoms with Crippen LogP contribution in [0, 0.1) is 5.92 Å². The number of hydrogen-bond acceptors (Lipinski definition) is 1. The summed E-state index contributed by atoms with van der Waals surface area (Å²) < 4.78 is 1.01. The second-order valence-electron chi connectivity index (χ2n) is 4.42. The Labute approximate surface area is 119 Å². The van der Waals surface area contributed by atoms with Crippen molar-refractivity contribution >= 4 is 37.8 Å². The average Bonchev–Trinajstić information content (AvgIpc) is 2.39. The first kappa shape index (κ1) is 13.1. The van der Waals surface area contributed by atoms with Gasteiger partial charge < -0.3 is 4.90 Å². The van der Waals surface area contributed by atoms with Crippen molar-refractivity contribution in [3.05, 3.63) is 34.3 Å². The molecule has 0 spiro atoms. The van der Waals surface area contributed by atoms with Gasteiger partial charge in [0.1, 0.15) is 0 Å². The second kappa shape index (κ2) is 6.01. The lowest BCUT2D eigenvalue weighted by atomic mass is 9.99. The Bertz CT molecular complexity index is 391. The molecule has 1 fully saturated rings. The summed E-state index contributed by atoms with van der Waals surface area (Å²) >= 11 is 6.89. The number of piperidine rings is 1. The van der Waals surface area contributed by atoms with Gasteiger partial charge in [0.05, 0.1) is 0 Å². The van der Waals surface area contributed by atoms with Crippen LogP contribution in [0.5, 0.6) is 0 Å². The van der Waals surface area contributed by atoms with Gasteiger partial charge >= 0.3 is 0 Å². The quantitative estimate of drug-likeness (QED) is 0.736. The molecule has 1 atom stereocenters. The van der Waals surface area contributed by atoms with Crippen LogP contribution >= 0.6 is 31.9 Å². The predicted molar refractivity (Wildman–Crippen MR) is 76.6 cm³/mol. The predicted octanol–water partition coefficient (Wildman–Crippen LogP) is 3.70. The zero-order chi connectivity index (χ0) is 12.3. The number of likely N-dealkylation sites (tertiary alicyclic amines) is 1. The molecule has 0 aliphatic carbocycles. The highest BCUT2D eigenvalue weighted by atomic mass is 79.9. The van der Waals surface area contributed by atoms with Crippen LogP contribution in [0.4, 0.5) is 0 Å². The molecule has 0 radical (unpaired) electrons. The van der Waals surface area contributed by atoms with E-state index < -0.39 is 0 Å². The summed E-state index contributed by atoms with van der Waals surface area (Å²) in [5.41, 5.74) is 0.781. The third kappa shape index (κ3) is 3.32. The maximum absolute atomic E-state index is 12.3. The molecule has 2 nitrogen and oxygen atoms in total. The van der Waals surface area contributed by atoms with Gasteiger partial charge in [0.15, 0.2) is 0 Å². The molecule has 17 heavy (non-hydrogen) atoms. The van der Waals surface area contributed by atoms with E-state index in [2.05, 4.69) is 31.9 Å². The minimum atomic E-state index is 0.156. The molecule has 1 aromatic carbocycles. The minimum absolute atomic E-state index is 0.156. The third-order valence-electron chi connectivity index (χ3n) is 3.12. The molecule has 1 saturated heterocycles. The normalized spacial score (nSPS) is 20.4. The summed E-state index contributed by atoms with van der Waals surface area (Å²) in [4.78, 5) is 14.2. The molecule has 4 heteroatoms. The van der Waals surface area contributed by atoms with Crippen molar-refractivity contribution in [3.63, 3.8) is 0 Å². The molecule has 1 heterocycles. The van der Waals surface area contributed by atoms with Crippen LogP contribution in [0.1, 0.15) is 23.2 Å². The Morgan fingerprint density at radius 2 is 2.06 bits per heavy atom. The van der Waals surface area contributed by atoms with Gasteiger partial charge in [-0.05, 0) is 43.0 Å². The average molecular weight is 361 g/mol. The molecule has 0 bridgehead atoms. The van der Waals surface area contributed by atoms with Crippen molar-refractivity contribution in [1.82, 2.24) is 4.90 Å². The lowest BCUT2D eigenvalue weighted by molar-refractivity contribution is 0.0686. The smallest absolute Gasteiger partial charge is 0.253 e. The third-order valence-corrected chi connectivity index (χ3v) is 4.56. The monoisotopic (exact) mass is 359 g/mol. The topological polar surface area (TPSA) is 20.3 Å². The van der Waals surface area contributed by atoms with E-state index in [9.17, 15) is 4.79 Å². The van der Waals surface area contributed by atoms with Crippen LogP contribution < -0.4 is 0 Å². The van der Waals surface area contributed by atoms with Crippen LogP contribution in [0.3, 0.4) is 0 Å². The maximum atomic E-state index is 12.3.